The van der Waals surface area contributed by atoms with Crippen molar-refractivity contribution in [1.82, 2.24) is 5.43 Å². The highest BCUT2D eigenvalue weighted by Crippen LogP contribution is 2.27. The second-order valence-electron chi connectivity index (χ2n) is 5.97. The van der Waals surface area contributed by atoms with E-state index in [0.29, 0.717) is 4.59 Å². The van der Waals surface area contributed by atoms with Gasteiger partial charge in [-0.15, -0.1) is 0 Å². The quantitative estimate of drug-likeness (QED) is 0.647. The van der Waals surface area contributed by atoms with Crippen LogP contribution in [0.1, 0.15) is 23.2 Å². The van der Waals surface area contributed by atoms with Crippen molar-refractivity contribution in [3.63, 3.8) is 0 Å². The van der Waals surface area contributed by atoms with Gasteiger partial charge in [0.2, 0.25) is 0 Å². The van der Waals surface area contributed by atoms with Crippen LogP contribution in [0.3, 0.4) is 0 Å². The van der Waals surface area contributed by atoms with Gasteiger partial charge in [-0.05, 0) is 11.1 Å². The molecule has 0 radical (unpaired) electrons. The zero-order valence-electron chi connectivity index (χ0n) is 12.5. The SMILES string of the molecule is C[N+](C)(C)NC(c1ccccc1)C(N)c1ccccc1. The van der Waals surface area contributed by atoms with Crippen molar-refractivity contribution in [3.05, 3.63) is 71.8 Å². The first-order valence-electron chi connectivity index (χ1n) is 6.92. The van der Waals surface area contributed by atoms with Crippen LogP contribution in [-0.4, -0.2) is 25.7 Å². The Hall–Kier alpha value is -1.68. The predicted octanol–water partition coefficient (Wildman–Crippen LogP) is 2.64. The van der Waals surface area contributed by atoms with Crippen LogP contribution in [0.2, 0.25) is 0 Å². The highest BCUT2D eigenvalue weighted by Gasteiger charge is 2.26. The number of nitrogens with one attached hydrogen (secondary N) is 1. The maximum Gasteiger partial charge on any atom is 0.0997 e. The Morgan fingerprint density at radius 3 is 1.70 bits per heavy atom. The van der Waals surface area contributed by atoms with Crippen molar-refractivity contribution in [2.24, 2.45) is 5.73 Å². The monoisotopic (exact) mass is 270 g/mol. The molecule has 0 fully saturated rings. The van der Waals surface area contributed by atoms with Gasteiger partial charge < -0.3 is 5.73 Å². The van der Waals surface area contributed by atoms with Gasteiger partial charge in [0.15, 0.2) is 0 Å². The van der Waals surface area contributed by atoms with E-state index in [1.165, 1.54) is 5.56 Å². The van der Waals surface area contributed by atoms with Gasteiger partial charge in [0.25, 0.3) is 0 Å². The van der Waals surface area contributed by atoms with Crippen LogP contribution in [0.15, 0.2) is 60.7 Å². The second kappa shape index (κ2) is 6.18. The lowest BCUT2D eigenvalue weighted by atomic mass is 9.94. The number of quaternary nitrogens is 1. The lowest BCUT2D eigenvalue weighted by Crippen LogP contribution is -2.52. The molecule has 0 saturated carbocycles. The average molecular weight is 270 g/mol. The summed E-state index contributed by atoms with van der Waals surface area (Å²) in [6, 6.07) is 20.6. The normalized spacial score (nSPS) is 14.8. The molecule has 3 nitrogen and oxygen atoms in total. The molecule has 2 atom stereocenters. The Balaban J connectivity index is 2.32. The second-order valence-corrected chi connectivity index (χ2v) is 5.97. The zero-order valence-corrected chi connectivity index (χ0v) is 12.5. The molecule has 3 N–H and O–H groups in total. The summed E-state index contributed by atoms with van der Waals surface area (Å²) in [7, 11) is 6.31. The van der Waals surface area contributed by atoms with Crippen LogP contribution < -0.4 is 11.2 Å². The van der Waals surface area contributed by atoms with Gasteiger partial charge in [0, 0.05) is 0 Å². The van der Waals surface area contributed by atoms with Gasteiger partial charge in [0.05, 0.1) is 33.2 Å². The maximum absolute atomic E-state index is 6.51. The molecular weight excluding hydrogens is 246 g/mol. The van der Waals surface area contributed by atoms with Crippen molar-refractivity contribution >= 4 is 0 Å². The standard InChI is InChI=1S/C17H24N3/c1-20(2,3)19-17(15-12-8-5-9-13-15)16(18)14-10-6-4-7-11-14/h4-13,16-17,19H,18H2,1-3H3/q+1. The smallest absolute Gasteiger partial charge is 0.0997 e. The van der Waals surface area contributed by atoms with Gasteiger partial charge in [-0.3, -0.25) is 4.59 Å². The molecule has 20 heavy (non-hydrogen) atoms. The molecule has 2 aromatic carbocycles. The van der Waals surface area contributed by atoms with Crippen LogP contribution in [0.25, 0.3) is 0 Å². The molecule has 0 amide bonds. The Morgan fingerprint density at radius 2 is 1.25 bits per heavy atom. The van der Waals surface area contributed by atoms with Crippen LogP contribution >= 0.6 is 0 Å². The largest absolute Gasteiger partial charge is 0.322 e. The number of hydrogen-bond donors (Lipinski definition) is 2. The van der Waals surface area contributed by atoms with Crippen molar-refractivity contribution < 1.29 is 4.59 Å². The zero-order chi connectivity index (χ0) is 14.6. The molecule has 3 heteroatoms. The third-order valence-electron chi connectivity index (χ3n) is 3.23. The summed E-state index contributed by atoms with van der Waals surface area (Å²) in [5.74, 6) is 0. The van der Waals surface area contributed by atoms with E-state index in [1.807, 2.05) is 24.3 Å². The third kappa shape index (κ3) is 3.90. The molecular formula is C17H24N3+. The van der Waals surface area contributed by atoms with Crippen LogP contribution in [-0.2, 0) is 0 Å². The average Bonchev–Trinajstić information content (AvgIpc) is 2.45. The number of nitrogens with zero attached hydrogens (tertiary/aromatic N) is 1. The summed E-state index contributed by atoms with van der Waals surface area (Å²) in [5.41, 5.74) is 12.4. The van der Waals surface area contributed by atoms with E-state index in [-0.39, 0.29) is 12.1 Å². The van der Waals surface area contributed by atoms with E-state index >= 15 is 0 Å². The predicted molar refractivity (Wildman–Crippen MR) is 83.7 cm³/mol. The number of hydrogen-bond acceptors (Lipinski definition) is 2. The molecule has 106 valence electrons. The van der Waals surface area contributed by atoms with Gasteiger partial charge in [0.1, 0.15) is 0 Å². The van der Waals surface area contributed by atoms with E-state index in [1.54, 1.807) is 0 Å². The first kappa shape index (κ1) is 14.7. The summed E-state index contributed by atoms with van der Waals surface area (Å²) in [6.45, 7) is 0. The van der Waals surface area contributed by atoms with E-state index in [0.717, 1.165) is 5.56 Å². The van der Waals surface area contributed by atoms with Crippen molar-refractivity contribution in [3.8, 4) is 0 Å². The first-order valence-corrected chi connectivity index (χ1v) is 6.92. The highest BCUT2D eigenvalue weighted by molar-refractivity contribution is 5.26. The van der Waals surface area contributed by atoms with Gasteiger partial charge in [-0.25, -0.2) is 0 Å². The fraction of sp³-hybridized carbons (Fsp3) is 0.294. The van der Waals surface area contributed by atoms with Crippen LogP contribution in [0, 0.1) is 0 Å². The van der Waals surface area contributed by atoms with Crippen molar-refractivity contribution in [2.75, 3.05) is 21.1 Å². The number of rotatable bonds is 5. The summed E-state index contributed by atoms with van der Waals surface area (Å²) >= 11 is 0. The minimum absolute atomic E-state index is 0.0681. The van der Waals surface area contributed by atoms with Crippen molar-refractivity contribution in [1.29, 1.82) is 0 Å². The molecule has 2 rings (SSSR count). The summed E-state index contributed by atoms with van der Waals surface area (Å²) in [5, 5.41) is 0. The Labute approximate surface area is 121 Å². The molecule has 2 unspecified atom stereocenters. The Morgan fingerprint density at radius 1 is 0.800 bits per heavy atom. The van der Waals surface area contributed by atoms with E-state index in [4.69, 9.17) is 5.73 Å². The highest BCUT2D eigenvalue weighted by atomic mass is 15.6. The lowest BCUT2D eigenvalue weighted by molar-refractivity contribution is -0.919. The minimum Gasteiger partial charge on any atom is -0.322 e. The Bertz CT molecular complexity index is 517. The maximum atomic E-state index is 6.51. The minimum atomic E-state index is -0.0871. The van der Waals surface area contributed by atoms with E-state index in [2.05, 4.69) is 63.0 Å². The molecule has 0 aliphatic carbocycles. The molecule has 0 aliphatic heterocycles. The lowest BCUT2D eigenvalue weighted by Gasteiger charge is -2.33. The Kier molecular flexibility index (Phi) is 4.55. The first-order chi connectivity index (χ1) is 9.47. The number of benzene rings is 2. The topological polar surface area (TPSA) is 38.0 Å². The number of nitrogens with two attached hydrogens (primary N) is 1. The molecule has 0 saturated heterocycles. The van der Waals surface area contributed by atoms with Crippen molar-refractivity contribution in [2.45, 2.75) is 12.1 Å². The van der Waals surface area contributed by atoms with Crippen LogP contribution in [0.5, 0.6) is 0 Å². The summed E-state index contributed by atoms with van der Waals surface area (Å²) in [4.78, 5) is 0. The fourth-order valence-corrected chi connectivity index (χ4v) is 2.31. The van der Waals surface area contributed by atoms with Gasteiger partial charge in [-0.2, -0.15) is 5.43 Å². The van der Waals surface area contributed by atoms with Gasteiger partial charge in [-0.1, -0.05) is 60.7 Å². The van der Waals surface area contributed by atoms with Crippen LogP contribution in [0.4, 0.5) is 0 Å². The van der Waals surface area contributed by atoms with E-state index < -0.39 is 0 Å². The van der Waals surface area contributed by atoms with E-state index in [9.17, 15) is 0 Å². The fourth-order valence-electron chi connectivity index (χ4n) is 2.31. The third-order valence-corrected chi connectivity index (χ3v) is 3.23. The molecule has 0 heterocycles. The summed E-state index contributed by atoms with van der Waals surface area (Å²) in [6.07, 6.45) is 0. The molecule has 0 bridgehead atoms. The van der Waals surface area contributed by atoms with Gasteiger partial charge >= 0.3 is 0 Å². The molecule has 0 aromatic heterocycles. The molecule has 2 aromatic rings. The molecule has 0 spiro atoms. The summed E-state index contributed by atoms with van der Waals surface area (Å²) < 4.78 is 0.653. The molecule has 0 aliphatic rings.